The van der Waals surface area contributed by atoms with Crippen LogP contribution in [0, 0.1) is 12.8 Å². The molecule has 5 nitrogen and oxygen atoms in total. The van der Waals surface area contributed by atoms with E-state index < -0.39 is 0 Å². The van der Waals surface area contributed by atoms with Crippen molar-refractivity contribution in [1.82, 2.24) is 15.2 Å². The normalized spacial score (nSPS) is 14.3. The third-order valence-corrected chi connectivity index (χ3v) is 3.92. The maximum atomic E-state index is 11.8. The summed E-state index contributed by atoms with van der Waals surface area (Å²) in [6, 6.07) is 5.42. The summed E-state index contributed by atoms with van der Waals surface area (Å²) in [6.45, 7) is 7.55. The van der Waals surface area contributed by atoms with E-state index in [4.69, 9.17) is 0 Å². The second-order valence-corrected chi connectivity index (χ2v) is 5.95. The van der Waals surface area contributed by atoms with Gasteiger partial charge in [0.25, 0.3) is 5.56 Å². The average Bonchev–Trinajstić information content (AvgIpc) is 3.31. The quantitative estimate of drug-likeness (QED) is 0.287. The Morgan fingerprint density at radius 3 is 2.74 bits per heavy atom. The lowest BCUT2D eigenvalue weighted by Gasteiger charge is -2.12. The van der Waals surface area contributed by atoms with Crippen LogP contribution in [0.1, 0.15) is 38.3 Å². The largest absolute Gasteiger partial charge is 0.357 e. The van der Waals surface area contributed by atoms with Gasteiger partial charge in [0, 0.05) is 37.9 Å². The van der Waals surface area contributed by atoms with Gasteiger partial charge in [-0.1, -0.05) is 6.07 Å². The molecule has 1 heterocycles. The fourth-order valence-electron chi connectivity index (χ4n) is 2.37. The molecule has 0 radical (unpaired) electrons. The van der Waals surface area contributed by atoms with Crippen molar-refractivity contribution < 1.29 is 0 Å². The Balaban J connectivity index is 0.00000264. The van der Waals surface area contributed by atoms with E-state index in [0.717, 1.165) is 56.6 Å². The van der Waals surface area contributed by atoms with Crippen molar-refractivity contribution in [2.45, 2.75) is 46.1 Å². The topological polar surface area (TPSA) is 58.4 Å². The molecule has 6 heteroatoms. The van der Waals surface area contributed by atoms with Crippen molar-refractivity contribution in [1.29, 1.82) is 0 Å². The lowest BCUT2D eigenvalue weighted by molar-refractivity contribution is 0.574. The number of unbranched alkanes of at least 4 members (excludes halogenated alkanes) is 1. The fourth-order valence-corrected chi connectivity index (χ4v) is 2.37. The van der Waals surface area contributed by atoms with E-state index in [-0.39, 0.29) is 29.5 Å². The highest BCUT2D eigenvalue weighted by Crippen LogP contribution is 2.28. The molecule has 130 valence electrons. The minimum atomic E-state index is 0. The molecule has 2 rings (SSSR count). The first kappa shape index (κ1) is 20.0. The van der Waals surface area contributed by atoms with E-state index in [1.807, 2.05) is 23.6 Å². The molecule has 23 heavy (non-hydrogen) atoms. The summed E-state index contributed by atoms with van der Waals surface area (Å²) in [5.74, 6) is 1.73. The Morgan fingerprint density at radius 2 is 2.09 bits per heavy atom. The van der Waals surface area contributed by atoms with Gasteiger partial charge in [-0.3, -0.25) is 9.79 Å². The molecule has 1 aliphatic carbocycles. The number of guanidine groups is 1. The van der Waals surface area contributed by atoms with Gasteiger partial charge in [-0.25, -0.2) is 0 Å². The maximum absolute atomic E-state index is 11.8. The van der Waals surface area contributed by atoms with Crippen LogP contribution in [0.25, 0.3) is 0 Å². The van der Waals surface area contributed by atoms with Crippen LogP contribution in [0.3, 0.4) is 0 Å². The summed E-state index contributed by atoms with van der Waals surface area (Å²) in [6.07, 6.45) is 4.66. The van der Waals surface area contributed by atoms with Crippen LogP contribution in [0.4, 0.5) is 0 Å². The predicted octanol–water partition coefficient (Wildman–Crippen LogP) is 2.52. The number of nitrogens with zero attached hydrogens (tertiary/aromatic N) is 2. The standard InChI is InChI=1S/C17H28N4O.HI/c1-3-18-17(20-13-15-9-10-15)19-11-4-5-12-21-14(2)7-6-8-16(21)22;/h6-8,15H,3-5,9-13H2,1-2H3,(H2,18,19,20);1H. The summed E-state index contributed by atoms with van der Waals surface area (Å²) in [5, 5.41) is 6.65. The Bertz CT molecular complexity index is 552. The van der Waals surface area contributed by atoms with Crippen molar-refractivity contribution in [3.8, 4) is 0 Å². The predicted molar refractivity (Wildman–Crippen MR) is 107 cm³/mol. The molecule has 0 spiro atoms. The van der Waals surface area contributed by atoms with Gasteiger partial charge >= 0.3 is 0 Å². The highest BCUT2D eigenvalue weighted by Gasteiger charge is 2.20. The fraction of sp³-hybridized carbons (Fsp3) is 0.647. The van der Waals surface area contributed by atoms with Crippen molar-refractivity contribution >= 4 is 29.9 Å². The van der Waals surface area contributed by atoms with E-state index in [2.05, 4.69) is 22.5 Å². The maximum Gasteiger partial charge on any atom is 0.250 e. The van der Waals surface area contributed by atoms with Crippen LogP contribution in [-0.2, 0) is 6.54 Å². The second kappa shape index (κ2) is 10.7. The van der Waals surface area contributed by atoms with Crippen LogP contribution < -0.4 is 16.2 Å². The van der Waals surface area contributed by atoms with Crippen LogP contribution >= 0.6 is 24.0 Å². The van der Waals surface area contributed by atoms with E-state index in [1.165, 1.54) is 12.8 Å². The minimum absolute atomic E-state index is 0. The molecule has 0 saturated heterocycles. The van der Waals surface area contributed by atoms with Crippen LogP contribution in [0.15, 0.2) is 28.0 Å². The summed E-state index contributed by atoms with van der Waals surface area (Å²) in [4.78, 5) is 16.4. The summed E-state index contributed by atoms with van der Waals surface area (Å²) < 4.78 is 1.84. The van der Waals surface area contributed by atoms with Crippen molar-refractivity contribution in [3.63, 3.8) is 0 Å². The van der Waals surface area contributed by atoms with Crippen LogP contribution in [0.2, 0.25) is 0 Å². The molecule has 1 fully saturated rings. The van der Waals surface area contributed by atoms with Crippen molar-refractivity contribution in [3.05, 3.63) is 34.2 Å². The molecule has 1 saturated carbocycles. The Kier molecular flexibility index (Phi) is 9.28. The van der Waals surface area contributed by atoms with E-state index >= 15 is 0 Å². The number of hydrogen-bond donors (Lipinski definition) is 2. The van der Waals surface area contributed by atoms with Crippen molar-refractivity contribution in [2.75, 3.05) is 19.6 Å². The molecule has 1 aromatic rings. The first-order valence-corrected chi connectivity index (χ1v) is 8.39. The molecule has 0 aliphatic heterocycles. The van der Waals surface area contributed by atoms with Gasteiger partial charge in [-0.05, 0) is 51.5 Å². The molecule has 0 unspecified atom stereocenters. The summed E-state index contributed by atoms with van der Waals surface area (Å²) >= 11 is 0. The molecular formula is C17H29IN4O. The van der Waals surface area contributed by atoms with E-state index in [1.54, 1.807) is 6.07 Å². The minimum Gasteiger partial charge on any atom is -0.357 e. The first-order chi connectivity index (χ1) is 10.7. The zero-order chi connectivity index (χ0) is 15.8. The number of aliphatic imine (C=N–C) groups is 1. The number of halogens is 1. The zero-order valence-corrected chi connectivity index (χ0v) is 16.5. The average molecular weight is 432 g/mol. The molecule has 1 aliphatic rings. The molecule has 1 aromatic heterocycles. The zero-order valence-electron chi connectivity index (χ0n) is 14.2. The highest BCUT2D eigenvalue weighted by molar-refractivity contribution is 14.0. The molecular weight excluding hydrogens is 403 g/mol. The lowest BCUT2D eigenvalue weighted by atomic mass is 10.3. The van der Waals surface area contributed by atoms with Crippen molar-refractivity contribution in [2.24, 2.45) is 10.9 Å². The number of pyridine rings is 1. The third kappa shape index (κ3) is 7.37. The smallest absolute Gasteiger partial charge is 0.250 e. The number of rotatable bonds is 8. The number of hydrogen-bond acceptors (Lipinski definition) is 2. The SMILES string of the molecule is CCNC(=NCC1CC1)NCCCCn1c(C)cccc1=O.I. The summed E-state index contributed by atoms with van der Waals surface area (Å²) in [5.41, 5.74) is 1.12. The third-order valence-electron chi connectivity index (χ3n) is 3.92. The van der Waals surface area contributed by atoms with Gasteiger partial charge in [0.05, 0.1) is 0 Å². The lowest BCUT2D eigenvalue weighted by Crippen LogP contribution is -2.38. The Hall–Kier alpha value is -1.05. The molecule has 0 aromatic carbocycles. The van der Waals surface area contributed by atoms with E-state index in [9.17, 15) is 4.79 Å². The van der Waals surface area contributed by atoms with E-state index in [0.29, 0.717) is 0 Å². The van der Waals surface area contributed by atoms with Gasteiger partial charge in [-0.15, -0.1) is 24.0 Å². The van der Waals surface area contributed by atoms with Gasteiger partial charge in [0.1, 0.15) is 0 Å². The molecule has 0 amide bonds. The number of aryl methyl sites for hydroxylation is 1. The van der Waals surface area contributed by atoms with Gasteiger partial charge in [0.15, 0.2) is 5.96 Å². The van der Waals surface area contributed by atoms with Gasteiger partial charge < -0.3 is 15.2 Å². The Labute approximate surface area is 156 Å². The number of aromatic nitrogens is 1. The van der Waals surface area contributed by atoms with Gasteiger partial charge in [0.2, 0.25) is 0 Å². The van der Waals surface area contributed by atoms with Gasteiger partial charge in [-0.2, -0.15) is 0 Å². The molecule has 0 bridgehead atoms. The van der Waals surface area contributed by atoms with Crippen LogP contribution in [0.5, 0.6) is 0 Å². The monoisotopic (exact) mass is 432 g/mol. The summed E-state index contributed by atoms with van der Waals surface area (Å²) in [7, 11) is 0. The first-order valence-electron chi connectivity index (χ1n) is 8.39. The Morgan fingerprint density at radius 1 is 1.30 bits per heavy atom. The number of nitrogens with one attached hydrogen (secondary N) is 2. The highest BCUT2D eigenvalue weighted by atomic mass is 127. The molecule has 2 N–H and O–H groups in total. The molecule has 0 atom stereocenters. The second-order valence-electron chi connectivity index (χ2n) is 5.95. The van der Waals surface area contributed by atoms with Crippen LogP contribution in [-0.4, -0.2) is 30.2 Å².